The van der Waals surface area contributed by atoms with Crippen LogP contribution >= 0.6 is 24.0 Å². The lowest BCUT2D eigenvalue weighted by molar-refractivity contribution is -0.135. The van der Waals surface area contributed by atoms with E-state index in [1.54, 1.807) is 4.90 Å². The minimum absolute atomic E-state index is 0. The number of hydrogen-bond donors (Lipinski definition) is 2. The van der Waals surface area contributed by atoms with Gasteiger partial charge < -0.3 is 20.4 Å². The van der Waals surface area contributed by atoms with Crippen molar-refractivity contribution in [2.45, 2.75) is 76.8 Å². The number of likely N-dealkylation sites (N-methyl/N-ethyl adjacent to an activating group) is 1. The van der Waals surface area contributed by atoms with Crippen molar-refractivity contribution >= 4 is 41.8 Å². The van der Waals surface area contributed by atoms with Gasteiger partial charge in [-0.05, 0) is 52.0 Å². The van der Waals surface area contributed by atoms with E-state index in [0.29, 0.717) is 5.91 Å². The maximum atomic E-state index is 12.8. The molecule has 9 heteroatoms. The molecule has 0 spiro atoms. The van der Waals surface area contributed by atoms with Gasteiger partial charge in [-0.1, -0.05) is 19.3 Å². The van der Waals surface area contributed by atoms with E-state index in [2.05, 4.69) is 27.4 Å². The van der Waals surface area contributed by atoms with Gasteiger partial charge >= 0.3 is 0 Å². The first-order valence-electron chi connectivity index (χ1n) is 12.8. The monoisotopic (exact) mass is 576 g/mol. The molecule has 3 rings (SSSR count). The van der Waals surface area contributed by atoms with Crippen LogP contribution in [0.5, 0.6) is 0 Å². The van der Waals surface area contributed by atoms with Crippen LogP contribution in [-0.2, 0) is 9.59 Å². The van der Waals surface area contributed by atoms with E-state index in [0.717, 1.165) is 83.8 Å². The van der Waals surface area contributed by atoms with Gasteiger partial charge in [-0.25, -0.2) is 0 Å². The molecule has 2 aliphatic heterocycles. The fourth-order valence-electron chi connectivity index (χ4n) is 5.34. The molecule has 3 fully saturated rings. The summed E-state index contributed by atoms with van der Waals surface area (Å²) in [5.41, 5.74) is 0. The van der Waals surface area contributed by atoms with Crippen LogP contribution < -0.4 is 10.6 Å². The summed E-state index contributed by atoms with van der Waals surface area (Å²) in [6, 6.07) is 0.299. The first kappa shape index (κ1) is 28.1. The quantitative estimate of drug-likeness (QED) is 0.201. The standard InChI is InChI=1S/C24H44N6O2.HI/c1-4-25-24(26-14-9-16-29-15-8-12-21(29)23(32)28(2)3)27-20-13-17-30(18-20)22(31)19-10-6-5-7-11-19;/h19-21H,4-18H2,1-3H3,(H2,25,26,27);1H. The third-order valence-electron chi connectivity index (χ3n) is 7.10. The number of rotatable bonds is 8. The van der Waals surface area contributed by atoms with Crippen LogP contribution in [0, 0.1) is 5.92 Å². The van der Waals surface area contributed by atoms with Gasteiger partial charge in [-0.2, -0.15) is 0 Å². The molecule has 3 aliphatic rings. The molecule has 1 aliphatic carbocycles. The third-order valence-corrected chi connectivity index (χ3v) is 7.10. The topological polar surface area (TPSA) is 80.3 Å². The van der Waals surface area contributed by atoms with Gasteiger partial charge in [-0.3, -0.25) is 19.5 Å². The summed E-state index contributed by atoms with van der Waals surface area (Å²) in [7, 11) is 3.68. The molecule has 190 valence electrons. The van der Waals surface area contributed by atoms with Crippen molar-refractivity contribution in [2.24, 2.45) is 10.9 Å². The first-order chi connectivity index (χ1) is 15.5. The Kier molecular flexibility index (Phi) is 12.2. The normalized spacial score (nSPS) is 24.5. The molecule has 2 unspecified atom stereocenters. The Labute approximate surface area is 217 Å². The predicted molar refractivity (Wildman–Crippen MR) is 144 cm³/mol. The second-order valence-electron chi connectivity index (χ2n) is 9.79. The van der Waals surface area contributed by atoms with Crippen molar-refractivity contribution in [3.8, 4) is 0 Å². The number of guanidine groups is 1. The number of nitrogens with zero attached hydrogens (tertiary/aromatic N) is 4. The van der Waals surface area contributed by atoms with Crippen LogP contribution in [-0.4, -0.2) is 97.9 Å². The number of hydrogen-bond acceptors (Lipinski definition) is 4. The molecule has 8 nitrogen and oxygen atoms in total. The number of amides is 2. The summed E-state index contributed by atoms with van der Waals surface area (Å²) < 4.78 is 0. The highest BCUT2D eigenvalue weighted by molar-refractivity contribution is 14.0. The van der Waals surface area contributed by atoms with E-state index < -0.39 is 0 Å². The second-order valence-corrected chi connectivity index (χ2v) is 9.79. The van der Waals surface area contributed by atoms with Gasteiger partial charge in [0.2, 0.25) is 11.8 Å². The van der Waals surface area contributed by atoms with E-state index in [1.807, 2.05) is 14.1 Å². The smallest absolute Gasteiger partial charge is 0.239 e. The predicted octanol–water partition coefficient (Wildman–Crippen LogP) is 2.28. The van der Waals surface area contributed by atoms with Crippen molar-refractivity contribution in [2.75, 3.05) is 53.4 Å². The van der Waals surface area contributed by atoms with Crippen LogP contribution in [0.2, 0.25) is 0 Å². The number of aliphatic imine (C=N–C) groups is 1. The number of halogens is 1. The fourth-order valence-corrected chi connectivity index (χ4v) is 5.34. The Hall–Kier alpha value is -1.10. The highest BCUT2D eigenvalue weighted by atomic mass is 127. The minimum Gasteiger partial charge on any atom is -0.357 e. The van der Waals surface area contributed by atoms with Crippen molar-refractivity contribution in [1.29, 1.82) is 0 Å². The van der Waals surface area contributed by atoms with E-state index in [1.165, 1.54) is 19.3 Å². The highest BCUT2D eigenvalue weighted by Crippen LogP contribution is 2.26. The molecule has 2 heterocycles. The second kappa shape index (κ2) is 14.3. The lowest BCUT2D eigenvalue weighted by atomic mass is 9.88. The molecule has 33 heavy (non-hydrogen) atoms. The van der Waals surface area contributed by atoms with Gasteiger partial charge in [0, 0.05) is 58.8 Å². The maximum Gasteiger partial charge on any atom is 0.239 e. The van der Waals surface area contributed by atoms with Crippen LogP contribution in [0.1, 0.15) is 64.7 Å². The molecule has 0 aromatic rings. The van der Waals surface area contributed by atoms with E-state index >= 15 is 0 Å². The first-order valence-corrected chi connectivity index (χ1v) is 12.8. The molecule has 2 atom stereocenters. The number of nitrogens with one attached hydrogen (secondary N) is 2. The zero-order valence-electron chi connectivity index (χ0n) is 20.9. The molecule has 1 saturated carbocycles. The molecule has 2 N–H and O–H groups in total. The van der Waals surface area contributed by atoms with E-state index in [4.69, 9.17) is 4.99 Å². The number of carbonyl (C=O) groups excluding carboxylic acids is 2. The average molecular weight is 577 g/mol. The number of carbonyl (C=O) groups is 2. The molecule has 2 saturated heterocycles. The fraction of sp³-hybridized carbons (Fsp3) is 0.875. The molecule has 0 aromatic carbocycles. The summed E-state index contributed by atoms with van der Waals surface area (Å²) in [6.07, 6.45) is 9.77. The van der Waals surface area contributed by atoms with Crippen LogP contribution in [0.15, 0.2) is 4.99 Å². The third kappa shape index (κ3) is 8.26. The Morgan fingerprint density at radius 2 is 1.79 bits per heavy atom. The summed E-state index contributed by atoms with van der Waals surface area (Å²) >= 11 is 0. The van der Waals surface area contributed by atoms with Crippen molar-refractivity contribution in [3.63, 3.8) is 0 Å². The Morgan fingerprint density at radius 3 is 2.48 bits per heavy atom. The summed E-state index contributed by atoms with van der Waals surface area (Å²) in [5, 5.41) is 6.89. The van der Waals surface area contributed by atoms with Crippen molar-refractivity contribution in [1.82, 2.24) is 25.3 Å². The molecule has 0 aromatic heterocycles. The number of likely N-dealkylation sites (tertiary alicyclic amines) is 2. The van der Waals surface area contributed by atoms with Gasteiger partial charge in [-0.15, -0.1) is 24.0 Å². The van der Waals surface area contributed by atoms with Crippen LogP contribution in [0.4, 0.5) is 0 Å². The van der Waals surface area contributed by atoms with Gasteiger partial charge in [0.15, 0.2) is 5.96 Å². The van der Waals surface area contributed by atoms with E-state index in [-0.39, 0.29) is 47.9 Å². The Balaban J connectivity index is 0.00000385. The van der Waals surface area contributed by atoms with Crippen LogP contribution in [0.3, 0.4) is 0 Å². The minimum atomic E-state index is 0. The largest absolute Gasteiger partial charge is 0.357 e. The summed E-state index contributed by atoms with van der Waals surface area (Å²) in [6.45, 7) is 7.15. The lowest BCUT2D eigenvalue weighted by Gasteiger charge is -2.26. The van der Waals surface area contributed by atoms with Gasteiger partial charge in [0.25, 0.3) is 0 Å². The average Bonchev–Trinajstić information content (AvgIpc) is 3.46. The Bertz CT molecular complexity index is 653. The zero-order valence-corrected chi connectivity index (χ0v) is 23.2. The Morgan fingerprint density at radius 1 is 1.03 bits per heavy atom. The highest BCUT2D eigenvalue weighted by Gasteiger charge is 2.32. The summed E-state index contributed by atoms with van der Waals surface area (Å²) in [4.78, 5) is 36.0. The van der Waals surface area contributed by atoms with E-state index in [9.17, 15) is 9.59 Å². The van der Waals surface area contributed by atoms with Gasteiger partial charge in [0.1, 0.15) is 0 Å². The van der Waals surface area contributed by atoms with Crippen LogP contribution in [0.25, 0.3) is 0 Å². The SMILES string of the molecule is CCNC(=NCCCN1CCCC1C(=O)N(C)C)NC1CCN(C(=O)C2CCCCC2)C1.I. The molecule has 0 bridgehead atoms. The molecular formula is C24H45IN6O2. The summed E-state index contributed by atoms with van der Waals surface area (Å²) in [5.74, 6) is 1.67. The molecular weight excluding hydrogens is 531 g/mol. The lowest BCUT2D eigenvalue weighted by Crippen LogP contribution is -2.45. The molecule has 2 amide bonds. The zero-order chi connectivity index (χ0) is 22.9. The van der Waals surface area contributed by atoms with Crippen molar-refractivity contribution in [3.05, 3.63) is 0 Å². The maximum absolute atomic E-state index is 12.8. The van der Waals surface area contributed by atoms with Crippen molar-refractivity contribution < 1.29 is 9.59 Å². The van der Waals surface area contributed by atoms with Gasteiger partial charge in [0.05, 0.1) is 6.04 Å². The molecule has 0 radical (unpaired) electrons.